The molecule has 1 atom stereocenters. The summed E-state index contributed by atoms with van der Waals surface area (Å²) in [7, 11) is -3.72. The molecule has 8 heteroatoms. The van der Waals surface area contributed by atoms with Gasteiger partial charge in [0.1, 0.15) is 6.17 Å². The van der Waals surface area contributed by atoms with Crippen molar-refractivity contribution in [3.8, 4) is 0 Å². The van der Waals surface area contributed by atoms with E-state index in [9.17, 15) is 13.2 Å². The molecule has 7 nitrogen and oxygen atoms in total. The van der Waals surface area contributed by atoms with Gasteiger partial charge >= 0.3 is 0 Å². The van der Waals surface area contributed by atoms with Crippen LogP contribution in [0.25, 0.3) is 0 Å². The van der Waals surface area contributed by atoms with Crippen LogP contribution >= 0.6 is 0 Å². The number of carbonyl (C=O) groups excluding carboxylic acids is 1. The van der Waals surface area contributed by atoms with E-state index in [0.717, 1.165) is 19.3 Å². The standard InChI is InChI=1S/C12H18N4O3S/c1-2-15-8-12(13-9-15)20(18,19)16-7-5-3-4-6-11(16)14-10-17/h8-9,11H,2-7H2,1H3. The van der Waals surface area contributed by atoms with Gasteiger partial charge in [0.15, 0.2) is 5.03 Å². The van der Waals surface area contributed by atoms with Crippen LogP contribution in [0.2, 0.25) is 0 Å². The molecule has 110 valence electrons. The fourth-order valence-electron chi connectivity index (χ4n) is 2.30. The van der Waals surface area contributed by atoms with E-state index in [1.165, 1.54) is 22.9 Å². The predicted octanol–water partition coefficient (Wildman–Crippen LogP) is 1.13. The van der Waals surface area contributed by atoms with E-state index < -0.39 is 16.2 Å². The first-order chi connectivity index (χ1) is 9.59. The number of aliphatic imine (C=N–C) groups is 1. The van der Waals surface area contributed by atoms with Crippen LogP contribution in [0.15, 0.2) is 22.5 Å². The molecule has 1 saturated heterocycles. The molecule has 0 aliphatic carbocycles. The van der Waals surface area contributed by atoms with E-state index in [1.54, 1.807) is 4.57 Å². The highest BCUT2D eigenvalue weighted by Crippen LogP contribution is 2.24. The molecule has 1 aliphatic heterocycles. The van der Waals surface area contributed by atoms with E-state index in [1.807, 2.05) is 6.92 Å². The Morgan fingerprint density at radius 3 is 2.90 bits per heavy atom. The molecule has 2 rings (SSSR count). The monoisotopic (exact) mass is 298 g/mol. The number of nitrogens with zero attached hydrogens (tertiary/aromatic N) is 4. The third kappa shape index (κ3) is 2.98. The van der Waals surface area contributed by atoms with Gasteiger partial charge in [-0.3, -0.25) is 0 Å². The second-order valence-electron chi connectivity index (χ2n) is 4.71. The molecule has 1 fully saturated rings. The summed E-state index contributed by atoms with van der Waals surface area (Å²) in [5.41, 5.74) is 0. The predicted molar refractivity (Wildman–Crippen MR) is 72.2 cm³/mol. The first-order valence-electron chi connectivity index (χ1n) is 6.70. The summed E-state index contributed by atoms with van der Waals surface area (Å²) in [6.45, 7) is 2.92. The number of hydrogen-bond donors (Lipinski definition) is 0. The Kier molecular flexibility index (Phi) is 4.69. The minimum Gasteiger partial charge on any atom is -0.336 e. The van der Waals surface area contributed by atoms with Crippen LogP contribution in [0, 0.1) is 0 Å². The number of imidazole rings is 1. The molecule has 0 N–H and O–H groups in total. The Hall–Kier alpha value is -1.50. The van der Waals surface area contributed by atoms with Crippen LogP contribution < -0.4 is 0 Å². The van der Waals surface area contributed by atoms with Crippen LogP contribution in [0.5, 0.6) is 0 Å². The van der Waals surface area contributed by atoms with Crippen LogP contribution in [0.3, 0.4) is 0 Å². The van der Waals surface area contributed by atoms with Crippen molar-refractivity contribution in [1.82, 2.24) is 13.9 Å². The second-order valence-corrected chi connectivity index (χ2v) is 6.55. The Morgan fingerprint density at radius 2 is 2.25 bits per heavy atom. The van der Waals surface area contributed by atoms with Gasteiger partial charge in [0.25, 0.3) is 10.0 Å². The van der Waals surface area contributed by atoms with E-state index in [0.29, 0.717) is 19.5 Å². The fourth-order valence-corrected chi connectivity index (χ4v) is 3.83. The van der Waals surface area contributed by atoms with Crippen molar-refractivity contribution in [2.24, 2.45) is 4.99 Å². The van der Waals surface area contributed by atoms with Gasteiger partial charge < -0.3 is 4.57 Å². The topological polar surface area (TPSA) is 84.6 Å². The summed E-state index contributed by atoms with van der Waals surface area (Å²) in [5.74, 6) is 0. The molecular formula is C12H18N4O3S. The number of rotatable bonds is 4. The lowest BCUT2D eigenvalue weighted by Crippen LogP contribution is -2.39. The lowest BCUT2D eigenvalue weighted by Gasteiger charge is -2.23. The molecule has 1 aromatic rings. The summed E-state index contributed by atoms with van der Waals surface area (Å²) >= 11 is 0. The highest BCUT2D eigenvalue weighted by Gasteiger charge is 2.33. The lowest BCUT2D eigenvalue weighted by molar-refractivity contribution is 0.329. The highest BCUT2D eigenvalue weighted by molar-refractivity contribution is 7.89. The second kappa shape index (κ2) is 6.30. The SMILES string of the molecule is CCn1cnc(S(=O)(=O)N2CCCCCC2N=C=O)c1. The summed E-state index contributed by atoms with van der Waals surface area (Å²) in [6.07, 6.45) is 6.90. The first kappa shape index (κ1) is 14.9. The maximum Gasteiger partial charge on any atom is 0.263 e. The third-order valence-electron chi connectivity index (χ3n) is 3.42. The Labute approximate surface area is 118 Å². The van der Waals surface area contributed by atoms with E-state index >= 15 is 0 Å². The van der Waals surface area contributed by atoms with E-state index in [4.69, 9.17) is 0 Å². The van der Waals surface area contributed by atoms with Gasteiger partial charge in [0, 0.05) is 19.3 Å². The normalized spacial score (nSPS) is 21.1. The zero-order valence-electron chi connectivity index (χ0n) is 11.4. The molecule has 0 bridgehead atoms. The fraction of sp³-hybridized carbons (Fsp3) is 0.667. The minimum atomic E-state index is -3.72. The average molecular weight is 298 g/mol. The first-order valence-corrected chi connectivity index (χ1v) is 8.14. The van der Waals surface area contributed by atoms with Crippen LogP contribution in [0.4, 0.5) is 0 Å². The highest BCUT2D eigenvalue weighted by atomic mass is 32.2. The molecular weight excluding hydrogens is 280 g/mol. The molecule has 0 saturated carbocycles. The molecule has 1 aromatic heterocycles. The summed E-state index contributed by atoms with van der Waals surface area (Å²) in [4.78, 5) is 18.1. The zero-order chi connectivity index (χ0) is 14.6. The van der Waals surface area contributed by atoms with Gasteiger partial charge in [-0.05, 0) is 26.2 Å². The number of isocyanates is 1. The molecule has 1 unspecified atom stereocenters. The summed E-state index contributed by atoms with van der Waals surface area (Å²) in [6, 6.07) is 0. The van der Waals surface area contributed by atoms with Gasteiger partial charge in [-0.2, -0.15) is 9.30 Å². The number of sulfonamides is 1. The van der Waals surface area contributed by atoms with Crippen molar-refractivity contribution in [2.45, 2.75) is 50.3 Å². The molecule has 2 heterocycles. The van der Waals surface area contributed by atoms with E-state index in [-0.39, 0.29) is 5.03 Å². The maximum absolute atomic E-state index is 12.6. The van der Waals surface area contributed by atoms with Gasteiger partial charge in [0.05, 0.1) is 6.33 Å². The maximum atomic E-state index is 12.6. The van der Waals surface area contributed by atoms with Crippen LogP contribution in [0.1, 0.15) is 32.6 Å². The van der Waals surface area contributed by atoms with Gasteiger partial charge in [0.2, 0.25) is 6.08 Å². The van der Waals surface area contributed by atoms with Gasteiger partial charge in [-0.1, -0.05) is 6.42 Å². The van der Waals surface area contributed by atoms with Gasteiger partial charge in [-0.15, -0.1) is 0 Å². The summed E-state index contributed by atoms with van der Waals surface area (Å²) < 4.78 is 28.2. The largest absolute Gasteiger partial charge is 0.336 e. The van der Waals surface area contributed by atoms with Crippen molar-refractivity contribution < 1.29 is 13.2 Å². The Bertz CT molecular complexity index is 604. The van der Waals surface area contributed by atoms with Crippen LogP contribution in [-0.4, -0.2) is 41.1 Å². The molecule has 0 aromatic carbocycles. The number of hydrogen-bond acceptors (Lipinski definition) is 5. The quantitative estimate of drug-likeness (QED) is 0.616. The Balaban J connectivity index is 2.35. The van der Waals surface area contributed by atoms with Crippen molar-refractivity contribution in [1.29, 1.82) is 0 Å². The average Bonchev–Trinajstić information content (AvgIpc) is 2.80. The molecule has 0 radical (unpaired) electrons. The number of aromatic nitrogens is 2. The van der Waals surface area contributed by atoms with Crippen molar-refractivity contribution in [3.63, 3.8) is 0 Å². The number of aryl methyl sites for hydroxylation is 1. The van der Waals surface area contributed by atoms with Crippen molar-refractivity contribution in [2.75, 3.05) is 6.54 Å². The van der Waals surface area contributed by atoms with Crippen LogP contribution in [-0.2, 0) is 21.4 Å². The Morgan fingerprint density at radius 1 is 1.45 bits per heavy atom. The van der Waals surface area contributed by atoms with E-state index in [2.05, 4.69) is 9.98 Å². The minimum absolute atomic E-state index is 0.00680. The molecule has 20 heavy (non-hydrogen) atoms. The molecule has 0 spiro atoms. The molecule has 0 amide bonds. The molecule has 1 aliphatic rings. The third-order valence-corrected chi connectivity index (χ3v) is 5.21. The van der Waals surface area contributed by atoms with Crippen molar-refractivity contribution >= 4 is 16.1 Å². The van der Waals surface area contributed by atoms with Gasteiger partial charge in [-0.25, -0.2) is 18.2 Å². The summed E-state index contributed by atoms with van der Waals surface area (Å²) in [5, 5.41) is 0.00680. The smallest absolute Gasteiger partial charge is 0.263 e. The lowest BCUT2D eigenvalue weighted by atomic mass is 10.2. The van der Waals surface area contributed by atoms with Crippen molar-refractivity contribution in [3.05, 3.63) is 12.5 Å². The zero-order valence-corrected chi connectivity index (χ0v) is 12.2.